The number of likely N-dealkylation sites (N-methyl/N-ethyl adjacent to an activating group) is 1. The molecule has 2 bridgehead atoms. The van der Waals surface area contributed by atoms with Gasteiger partial charge in [0.1, 0.15) is 0 Å². The van der Waals surface area contributed by atoms with Crippen LogP contribution in [-0.2, 0) is 4.79 Å². The lowest BCUT2D eigenvalue weighted by molar-refractivity contribution is -0.130. The number of hydrogen-bond acceptors (Lipinski definition) is 4. The molecule has 144 valence electrons. The maximum Gasteiger partial charge on any atom is 0.219 e. The standard InChI is InChI=1S/C15H22N2O2.C6H4BrN/c1-12(18)16(2)15(13-6-4-3-5-7-13)11-17-9-8-14(19)10-17;7-6-4-2-1-3-5(6)8-4/h3-7,14-15,19H,8-11H2,1-2H3;1-3,8H. The van der Waals surface area contributed by atoms with E-state index in [-0.39, 0.29) is 18.1 Å². The molecule has 1 fully saturated rings. The lowest BCUT2D eigenvalue weighted by Gasteiger charge is -2.31. The topological polar surface area (TPSA) is 55.8 Å². The molecule has 0 aliphatic carbocycles. The van der Waals surface area contributed by atoms with E-state index < -0.39 is 0 Å². The number of β-amino-alcohol motifs (C(OH)–C–C–N with tert-alkyl or cyclic N) is 1. The third-order valence-corrected chi connectivity index (χ3v) is 5.95. The van der Waals surface area contributed by atoms with Crippen molar-refractivity contribution < 1.29 is 9.90 Å². The molecule has 3 aliphatic rings. The van der Waals surface area contributed by atoms with E-state index in [0.717, 1.165) is 25.1 Å². The van der Waals surface area contributed by atoms with Crippen molar-refractivity contribution in [3.63, 3.8) is 0 Å². The molecule has 2 unspecified atom stereocenters. The van der Waals surface area contributed by atoms with E-state index in [1.165, 1.54) is 15.8 Å². The summed E-state index contributed by atoms with van der Waals surface area (Å²) in [6.07, 6.45) is 0.602. The number of aliphatic hydroxyl groups is 1. The van der Waals surface area contributed by atoms with Crippen LogP contribution in [0.25, 0.3) is 0 Å². The van der Waals surface area contributed by atoms with E-state index in [4.69, 9.17) is 0 Å². The first-order valence-corrected chi connectivity index (χ1v) is 9.99. The largest absolute Gasteiger partial charge is 0.392 e. The third-order valence-electron chi connectivity index (χ3n) is 5.10. The number of anilines is 2. The number of hydrogen-bond donors (Lipinski definition) is 2. The molecule has 1 amide bonds. The van der Waals surface area contributed by atoms with E-state index in [0.29, 0.717) is 6.54 Å². The van der Waals surface area contributed by atoms with Crippen LogP contribution in [0.1, 0.15) is 24.9 Å². The van der Waals surface area contributed by atoms with Gasteiger partial charge in [-0.15, -0.1) is 0 Å². The number of benzene rings is 2. The van der Waals surface area contributed by atoms with Crippen LogP contribution in [0.3, 0.4) is 0 Å². The quantitative estimate of drug-likeness (QED) is 0.659. The number of nitrogens with one attached hydrogen (secondary N) is 1. The molecule has 2 N–H and O–H groups in total. The molecule has 27 heavy (non-hydrogen) atoms. The van der Waals surface area contributed by atoms with Gasteiger partial charge in [0.05, 0.1) is 28.0 Å². The minimum Gasteiger partial charge on any atom is -0.392 e. The van der Waals surface area contributed by atoms with Crippen LogP contribution in [-0.4, -0.2) is 53.6 Å². The number of aliphatic hydroxyl groups excluding tert-OH is 1. The fourth-order valence-electron chi connectivity index (χ4n) is 3.38. The van der Waals surface area contributed by atoms with Gasteiger partial charge in [-0.25, -0.2) is 0 Å². The van der Waals surface area contributed by atoms with Gasteiger partial charge >= 0.3 is 0 Å². The molecule has 0 radical (unpaired) electrons. The summed E-state index contributed by atoms with van der Waals surface area (Å²) in [5.41, 5.74) is 3.53. The van der Waals surface area contributed by atoms with Crippen molar-refractivity contribution in [1.29, 1.82) is 0 Å². The number of likely N-dealkylation sites (tertiary alicyclic amines) is 1. The molecule has 2 aromatic rings. The molecular formula is C21H26BrN3O2. The summed E-state index contributed by atoms with van der Waals surface area (Å²) in [6, 6.07) is 16.2. The molecule has 0 aromatic heterocycles. The predicted molar refractivity (Wildman–Crippen MR) is 112 cm³/mol. The molecule has 0 spiro atoms. The zero-order valence-corrected chi connectivity index (χ0v) is 17.3. The van der Waals surface area contributed by atoms with Crippen molar-refractivity contribution in [2.45, 2.75) is 25.5 Å². The SMILES string of the molecule is Brc1c2cccc1N2.CC(=O)N(C)C(CN1CCC(O)C1)c1ccccc1. The fourth-order valence-corrected chi connectivity index (χ4v) is 3.84. The average molecular weight is 432 g/mol. The summed E-state index contributed by atoms with van der Waals surface area (Å²) in [5, 5.41) is 12.7. The van der Waals surface area contributed by atoms with Gasteiger partial charge in [-0.2, -0.15) is 0 Å². The zero-order valence-electron chi connectivity index (χ0n) is 15.7. The van der Waals surface area contributed by atoms with Crippen molar-refractivity contribution >= 4 is 33.2 Å². The number of nitrogens with zero attached hydrogens (tertiary/aromatic N) is 2. The zero-order chi connectivity index (χ0) is 19.4. The van der Waals surface area contributed by atoms with Crippen LogP contribution in [0, 0.1) is 0 Å². The van der Waals surface area contributed by atoms with Crippen molar-refractivity contribution in [3.8, 4) is 0 Å². The highest BCUT2D eigenvalue weighted by atomic mass is 79.9. The van der Waals surface area contributed by atoms with Crippen LogP contribution in [0.4, 0.5) is 11.4 Å². The van der Waals surface area contributed by atoms with Crippen molar-refractivity contribution in [2.75, 3.05) is 32.0 Å². The van der Waals surface area contributed by atoms with E-state index in [9.17, 15) is 9.90 Å². The summed E-state index contributed by atoms with van der Waals surface area (Å²) in [5.74, 6) is 0.0635. The van der Waals surface area contributed by atoms with Crippen LogP contribution in [0.2, 0.25) is 0 Å². The normalized spacial score (nSPS) is 18.6. The Labute approximate surface area is 169 Å². The molecule has 2 aromatic carbocycles. The van der Waals surface area contributed by atoms with Crippen LogP contribution in [0.5, 0.6) is 0 Å². The summed E-state index contributed by atoms with van der Waals surface area (Å²) >= 11 is 3.40. The summed E-state index contributed by atoms with van der Waals surface area (Å²) in [7, 11) is 1.84. The Morgan fingerprint density at radius 1 is 1.26 bits per heavy atom. The Balaban J connectivity index is 0.000000216. The molecular weight excluding hydrogens is 406 g/mol. The highest BCUT2D eigenvalue weighted by molar-refractivity contribution is 9.10. The lowest BCUT2D eigenvalue weighted by atomic mass is 10.1. The number of amides is 1. The average Bonchev–Trinajstić information content (AvgIpc) is 3.11. The van der Waals surface area contributed by atoms with E-state index in [2.05, 4.69) is 38.3 Å². The maximum atomic E-state index is 11.7. The van der Waals surface area contributed by atoms with Crippen LogP contribution >= 0.6 is 15.9 Å². The molecule has 0 saturated carbocycles. The molecule has 3 heterocycles. The summed E-state index contributed by atoms with van der Waals surface area (Å²) in [6.45, 7) is 3.97. The van der Waals surface area contributed by atoms with Crippen LogP contribution in [0.15, 0.2) is 53.0 Å². The van der Waals surface area contributed by atoms with Gasteiger partial charge in [0, 0.05) is 33.6 Å². The first kappa shape index (κ1) is 19.9. The fraction of sp³-hybridized carbons (Fsp3) is 0.381. The highest BCUT2D eigenvalue weighted by Gasteiger charge is 2.26. The first-order valence-electron chi connectivity index (χ1n) is 9.20. The predicted octanol–water partition coefficient (Wildman–Crippen LogP) is 3.78. The number of carbonyl (C=O) groups excluding carboxylic acids is 1. The number of fused-ring (bicyclic) bond motifs is 2. The minimum absolute atomic E-state index is 0.0454. The van der Waals surface area contributed by atoms with Crippen LogP contribution < -0.4 is 5.32 Å². The van der Waals surface area contributed by atoms with Gasteiger partial charge in [-0.1, -0.05) is 36.4 Å². The molecule has 3 aliphatic heterocycles. The van der Waals surface area contributed by atoms with Gasteiger partial charge in [0.25, 0.3) is 0 Å². The smallest absolute Gasteiger partial charge is 0.219 e. The Kier molecular flexibility index (Phi) is 6.52. The van der Waals surface area contributed by atoms with E-state index in [1.54, 1.807) is 11.8 Å². The molecule has 6 heteroatoms. The Morgan fingerprint density at radius 3 is 2.37 bits per heavy atom. The second-order valence-corrected chi connectivity index (χ2v) is 7.84. The van der Waals surface area contributed by atoms with Gasteiger partial charge < -0.3 is 15.3 Å². The van der Waals surface area contributed by atoms with Gasteiger partial charge in [-0.3, -0.25) is 9.69 Å². The van der Waals surface area contributed by atoms with Crippen molar-refractivity contribution in [1.82, 2.24) is 9.80 Å². The molecule has 2 atom stereocenters. The highest BCUT2D eigenvalue weighted by Crippen LogP contribution is 2.41. The second kappa shape index (κ2) is 8.87. The van der Waals surface area contributed by atoms with Crippen molar-refractivity contribution in [2.24, 2.45) is 0 Å². The van der Waals surface area contributed by atoms with E-state index in [1.807, 2.05) is 43.4 Å². The number of carbonyl (C=O) groups is 1. The van der Waals surface area contributed by atoms with Crippen molar-refractivity contribution in [3.05, 3.63) is 58.6 Å². The van der Waals surface area contributed by atoms with Gasteiger partial charge in [0.2, 0.25) is 5.91 Å². The minimum atomic E-state index is -0.223. The number of halogens is 1. The van der Waals surface area contributed by atoms with E-state index >= 15 is 0 Å². The lowest BCUT2D eigenvalue weighted by Crippen LogP contribution is -2.38. The Morgan fingerprint density at radius 2 is 1.93 bits per heavy atom. The third kappa shape index (κ3) is 4.89. The monoisotopic (exact) mass is 431 g/mol. The Hall–Kier alpha value is -1.89. The van der Waals surface area contributed by atoms with Gasteiger partial charge in [0.15, 0.2) is 0 Å². The summed E-state index contributed by atoms with van der Waals surface area (Å²) in [4.78, 5) is 15.7. The Bertz CT molecular complexity index is 764. The summed E-state index contributed by atoms with van der Waals surface area (Å²) < 4.78 is 1.21. The first-order chi connectivity index (χ1) is 13.0. The maximum absolute atomic E-state index is 11.7. The second-order valence-electron chi connectivity index (χ2n) is 7.05. The number of rotatable bonds is 4. The molecule has 5 rings (SSSR count). The van der Waals surface area contributed by atoms with Gasteiger partial charge in [-0.05, 0) is 40.0 Å². The molecule has 5 nitrogen and oxygen atoms in total. The molecule has 1 saturated heterocycles.